The van der Waals surface area contributed by atoms with Gasteiger partial charge in [-0.3, -0.25) is 9.10 Å². The zero-order chi connectivity index (χ0) is 24.2. The van der Waals surface area contributed by atoms with Crippen LogP contribution >= 0.6 is 0 Å². The van der Waals surface area contributed by atoms with Gasteiger partial charge in [-0.05, 0) is 86.5 Å². The molecule has 174 valence electrons. The summed E-state index contributed by atoms with van der Waals surface area (Å²) in [4.78, 5) is 12.9. The van der Waals surface area contributed by atoms with Gasteiger partial charge in [-0.2, -0.15) is 0 Å². The number of carbonyl (C=O) groups is 1. The van der Waals surface area contributed by atoms with Crippen molar-refractivity contribution < 1.29 is 22.3 Å². The monoisotopic (exact) mass is 470 g/mol. The van der Waals surface area contributed by atoms with Crippen LogP contribution in [0, 0.1) is 19.7 Å². The summed E-state index contributed by atoms with van der Waals surface area (Å²) < 4.78 is 45.2. The van der Waals surface area contributed by atoms with E-state index in [1.165, 1.54) is 24.3 Å². The van der Waals surface area contributed by atoms with Gasteiger partial charge in [0, 0.05) is 16.8 Å². The number of hydrogen-bond acceptors (Lipinski definition) is 4. The number of ether oxygens (including phenoxy) is 1. The quantitative estimate of drug-likeness (QED) is 0.499. The summed E-state index contributed by atoms with van der Waals surface area (Å²) in [6.07, 6.45) is 1.08. The van der Waals surface area contributed by atoms with E-state index in [-0.39, 0.29) is 12.5 Å². The maximum absolute atomic E-state index is 13.4. The third kappa shape index (κ3) is 6.10. The van der Waals surface area contributed by atoms with Crippen LogP contribution in [0.3, 0.4) is 0 Å². The molecule has 0 spiro atoms. The number of nitrogens with zero attached hydrogens (tertiary/aromatic N) is 1. The number of halogens is 1. The van der Waals surface area contributed by atoms with Crippen LogP contribution in [0.5, 0.6) is 5.75 Å². The lowest BCUT2D eigenvalue weighted by Gasteiger charge is -2.24. The summed E-state index contributed by atoms with van der Waals surface area (Å²) in [6.45, 7) is 6.07. The molecular formula is C25H27FN2O4S. The second-order valence-corrected chi connectivity index (χ2v) is 9.66. The Morgan fingerprint density at radius 2 is 1.70 bits per heavy atom. The lowest BCUT2D eigenvalue weighted by Crippen LogP contribution is -2.29. The third-order valence-electron chi connectivity index (χ3n) is 5.22. The number of benzene rings is 3. The summed E-state index contributed by atoms with van der Waals surface area (Å²) in [6, 6.07) is 15.7. The topological polar surface area (TPSA) is 75.7 Å². The van der Waals surface area contributed by atoms with Crippen molar-refractivity contribution >= 4 is 27.3 Å². The predicted octanol–water partition coefficient (Wildman–Crippen LogP) is 5.06. The predicted molar refractivity (Wildman–Crippen MR) is 129 cm³/mol. The molecule has 3 aromatic carbocycles. The molecular weight excluding hydrogens is 443 g/mol. The number of nitrogens with one attached hydrogen (secondary N) is 1. The van der Waals surface area contributed by atoms with Crippen molar-refractivity contribution in [2.24, 2.45) is 0 Å². The van der Waals surface area contributed by atoms with E-state index in [0.29, 0.717) is 34.9 Å². The molecule has 3 aromatic rings. The Labute approximate surface area is 194 Å². The van der Waals surface area contributed by atoms with Gasteiger partial charge in [0.2, 0.25) is 10.0 Å². The average Bonchev–Trinajstić information content (AvgIpc) is 2.75. The molecule has 0 bridgehead atoms. The lowest BCUT2D eigenvalue weighted by atomic mass is 10.1. The first-order valence-corrected chi connectivity index (χ1v) is 12.3. The maximum Gasteiger partial charge on any atom is 0.255 e. The van der Waals surface area contributed by atoms with E-state index >= 15 is 0 Å². The Hall–Kier alpha value is -3.39. The summed E-state index contributed by atoms with van der Waals surface area (Å²) in [5.74, 6) is -0.321. The van der Waals surface area contributed by atoms with Gasteiger partial charge in [0.05, 0.1) is 25.1 Å². The normalized spacial score (nSPS) is 11.2. The molecule has 6 nitrogen and oxygen atoms in total. The van der Waals surface area contributed by atoms with E-state index in [0.717, 1.165) is 21.7 Å². The molecule has 0 heterocycles. The molecule has 0 aliphatic rings. The van der Waals surface area contributed by atoms with Gasteiger partial charge in [-0.1, -0.05) is 6.07 Å². The first-order valence-electron chi connectivity index (χ1n) is 10.5. The van der Waals surface area contributed by atoms with Crippen molar-refractivity contribution in [3.05, 3.63) is 88.7 Å². The van der Waals surface area contributed by atoms with E-state index in [9.17, 15) is 17.6 Å². The molecule has 0 saturated carbocycles. The van der Waals surface area contributed by atoms with Gasteiger partial charge in [0.25, 0.3) is 5.91 Å². The van der Waals surface area contributed by atoms with Crippen LogP contribution in [0.2, 0.25) is 0 Å². The van der Waals surface area contributed by atoms with Crippen LogP contribution in [0.1, 0.15) is 34.0 Å². The van der Waals surface area contributed by atoms with Crippen molar-refractivity contribution in [2.75, 3.05) is 22.5 Å². The van der Waals surface area contributed by atoms with Gasteiger partial charge < -0.3 is 10.1 Å². The number of anilines is 2. The minimum Gasteiger partial charge on any atom is -0.494 e. The highest BCUT2D eigenvalue weighted by atomic mass is 32.2. The standard InChI is InChI=1S/C25H27FN2O4S/c1-5-32-24-13-7-19(25(29)27-22-10-6-17(2)18(3)14-22)15-20(24)16-28(33(4,30)31)23-11-8-21(26)9-12-23/h6-15H,5,16H2,1-4H3,(H,27,29). The van der Waals surface area contributed by atoms with Crippen LogP contribution in [0.15, 0.2) is 60.7 Å². The van der Waals surface area contributed by atoms with Gasteiger partial charge in [-0.15, -0.1) is 0 Å². The molecule has 0 aliphatic heterocycles. The highest BCUT2D eigenvalue weighted by Crippen LogP contribution is 2.27. The number of aryl methyl sites for hydroxylation is 2. The molecule has 3 rings (SSSR count). The fraction of sp³-hybridized carbons (Fsp3) is 0.240. The Balaban J connectivity index is 1.95. The number of sulfonamides is 1. The average molecular weight is 471 g/mol. The van der Waals surface area contributed by atoms with E-state index in [2.05, 4.69) is 5.32 Å². The molecule has 0 atom stereocenters. The van der Waals surface area contributed by atoms with Crippen molar-refractivity contribution in [3.8, 4) is 5.75 Å². The summed E-state index contributed by atoms with van der Waals surface area (Å²) in [7, 11) is -3.70. The van der Waals surface area contributed by atoms with Crippen molar-refractivity contribution in [1.82, 2.24) is 0 Å². The largest absolute Gasteiger partial charge is 0.494 e. The maximum atomic E-state index is 13.4. The van der Waals surface area contributed by atoms with Gasteiger partial charge >= 0.3 is 0 Å². The highest BCUT2D eigenvalue weighted by Gasteiger charge is 2.21. The van der Waals surface area contributed by atoms with Gasteiger partial charge in [0.15, 0.2) is 0 Å². The van der Waals surface area contributed by atoms with E-state index in [4.69, 9.17) is 4.74 Å². The summed E-state index contributed by atoms with van der Waals surface area (Å²) >= 11 is 0. The zero-order valence-electron chi connectivity index (χ0n) is 19.1. The molecule has 1 N–H and O–H groups in total. The van der Waals surface area contributed by atoms with Crippen molar-refractivity contribution in [1.29, 1.82) is 0 Å². The Morgan fingerprint density at radius 1 is 1.00 bits per heavy atom. The van der Waals surface area contributed by atoms with Crippen LogP contribution in [-0.4, -0.2) is 27.2 Å². The van der Waals surface area contributed by atoms with Crippen LogP contribution < -0.4 is 14.4 Å². The Morgan fingerprint density at radius 3 is 2.30 bits per heavy atom. The van der Waals surface area contributed by atoms with Crippen LogP contribution in [-0.2, 0) is 16.6 Å². The first-order chi connectivity index (χ1) is 15.6. The van der Waals surface area contributed by atoms with Crippen molar-refractivity contribution in [3.63, 3.8) is 0 Å². The van der Waals surface area contributed by atoms with Crippen LogP contribution in [0.25, 0.3) is 0 Å². The summed E-state index contributed by atoms with van der Waals surface area (Å²) in [5, 5.41) is 2.87. The highest BCUT2D eigenvalue weighted by molar-refractivity contribution is 7.92. The van der Waals surface area contributed by atoms with Crippen LogP contribution in [0.4, 0.5) is 15.8 Å². The van der Waals surface area contributed by atoms with E-state index < -0.39 is 15.8 Å². The van der Waals surface area contributed by atoms with Crippen molar-refractivity contribution in [2.45, 2.75) is 27.3 Å². The minimum absolute atomic E-state index is 0.0788. The molecule has 0 fully saturated rings. The lowest BCUT2D eigenvalue weighted by molar-refractivity contribution is 0.102. The minimum atomic E-state index is -3.70. The third-order valence-corrected chi connectivity index (χ3v) is 6.36. The SMILES string of the molecule is CCOc1ccc(C(=O)Nc2ccc(C)c(C)c2)cc1CN(c1ccc(F)cc1)S(C)(=O)=O. The molecule has 0 saturated heterocycles. The fourth-order valence-electron chi connectivity index (χ4n) is 3.33. The second-order valence-electron chi connectivity index (χ2n) is 7.75. The Bertz CT molecular complexity index is 1260. The van der Waals surface area contributed by atoms with Gasteiger partial charge in [-0.25, -0.2) is 12.8 Å². The molecule has 1 amide bonds. The van der Waals surface area contributed by atoms with E-state index in [1.54, 1.807) is 18.2 Å². The number of hydrogen-bond donors (Lipinski definition) is 1. The zero-order valence-corrected chi connectivity index (χ0v) is 19.9. The Kier molecular flexibility index (Phi) is 7.38. The fourth-order valence-corrected chi connectivity index (χ4v) is 4.20. The number of rotatable bonds is 8. The molecule has 0 aliphatic carbocycles. The summed E-state index contributed by atoms with van der Waals surface area (Å²) in [5.41, 5.74) is 4.04. The smallest absolute Gasteiger partial charge is 0.255 e. The van der Waals surface area contributed by atoms with Gasteiger partial charge in [0.1, 0.15) is 11.6 Å². The van der Waals surface area contributed by atoms with E-state index in [1.807, 2.05) is 39.0 Å². The molecule has 8 heteroatoms. The number of amides is 1. The molecule has 0 aromatic heterocycles. The first kappa shape index (κ1) is 24.3. The number of carbonyl (C=O) groups excluding carboxylic acids is 1. The molecule has 0 radical (unpaired) electrons. The second kappa shape index (κ2) is 10.0. The molecule has 0 unspecified atom stereocenters. The molecule has 33 heavy (non-hydrogen) atoms.